The molecule has 152 valence electrons. The summed E-state index contributed by atoms with van der Waals surface area (Å²) in [4.78, 5) is 23.2. The van der Waals surface area contributed by atoms with Gasteiger partial charge < -0.3 is 15.3 Å². The summed E-state index contributed by atoms with van der Waals surface area (Å²) >= 11 is 0. The van der Waals surface area contributed by atoms with Crippen molar-refractivity contribution in [1.29, 1.82) is 5.41 Å². The summed E-state index contributed by atoms with van der Waals surface area (Å²) in [5.41, 5.74) is -1.68. The van der Waals surface area contributed by atoms with Crippen molar-refractivity contribution >= 4 is 17.8 Å². The summed E-state index contributed by atoms with van der Waals surface area (Å²) in [6.45, 7) is 1.23. The van der Waals surface area contributed by atoms with Crippen LogP contribution in [0.4, 0.5) is 19.1 Å². The number of nitrogens with one attached hydrogen (secondary N) is 2. The number of carbonyl (C=O) groups is 1. The molecule has 3 heterocycles. The molecule has 1 amide bonds. The average molecular weight is 406 g/mol. The van der Waals surface area contributed by atoms with Crippen LogP contribution in [0.3, 0.4) is 0 Å². The van der Waals surface area contributed by atoms with E-state index in [1.807, 2.05) is 0 Å². The number of nitrogens with zero attached hydrogens (tertiary/aromatic N) is 4. The number of benzene rings is 1. The van der Waals surface area contributed by atoms with E-state index in [2.05, 4.69) is 15.3 Å². The van der Waals surface area contributed by atoms with E-state index in [4.69, 9.17) is 5.41 Å². The van der Waals surface area contributed by atoms with Crippen molar-refractivity contribution in [2.24, 2.45) is 5.92 Å². The molecule has 3 N–H and O–H groups in total. The molecule has 2 saturated heterocycles. The molecule has 2 aliphatic heterocycles. The zero-order valence-corrected chi connectivity index (χ0v) is 15.5. The van der Waals surface area contributed by atoms with Crippen LogP contribution < -0.4 is 10.2 Å². The van der Waals surface area contributed by atoms with Gasteiger partial charge in [-0.05, 0) is 25.1 Å². The number of amides is 1. The van der Waals surface area contributed by atoms with E-state index in [0.29, 0.717) is 0 Å². The first-order valence-electron chi connectivity index (χ1n) is 8.72. The number of hydrogen-bond donors (Lipinski definition) is 3. The number of rotatable bonds is 2. The highest BCUT2D eigenvalue weighted by molar-refractivity contribution is 6.01. The molecule has 0 aliphatic carbocycles. The van der Waals surface area contributed by atoms with Crippen molar-refractivity contribution in [2.45, 2.75) is 12.5 Å². The monoisotopic (exact) mass is 406 g/mol. The maximum absolute atomic E-state index is 14.7. The first kappa shape index (κ1) is 19.0. The van der Waals surface area contributed by atoms with Crippen LogP contribution in [0.5, 0.6) is 5.88 Å². The van der Waals surface area contributed by atoms with E-state index in [-0.39, 0.29) is 36.3 Å². The molecule has 4 rings (SSSR count). The second-order valence-electron chi connectivity index (χ2n) is 7.15. The number of fused-ring (bicyclic) bond motifs is 1. The number of guanidine groups is 1. The summed E-state index contributed by atoms with van der Waals surface area (Å²) in [6, 6.07) is 2.90. The van der Waals surface area contributed by atoms with Gasteiger partial charge in [-0.3, -0.25) is 15.1 Å². The van der Waals surface area contributed by atoms with Crippen LogP contribution in [0.15, 0.2) is 18.2 Å². The molecule has 2 atom stereocenters. The lowest BCUT2D eigenvalue weighted by atomic mass is 9.78. The first-order valence-corrected chi connectivity index (χ1v) is 8.72. The summed E-state index contributed by atoms with van der Waals surface area (Å²) in [7, 11) is 1.40. The van der Waals surface area contributed by atoms with Gasteiger partial charge in [-0.15, -0.1) is 0 Å². The Labute approximate surface area is 163 Å². The van der Waals surface area contributed by atoms with E-state index in [1.165, 1.54) is 18.9 Å². The number of aryl methyl sites for hydroxylation is 1. The highest BCUT2D eigenvalue weighted by atomic mass is 19.1. The molecule has 0 radical (unpaired) electrons. The van der Waals surface area contributed by atoms with Crippen LogP contribution in [0.1, 0.15) is 11.3 Å². The van der Waals surface area contributed by atoms with E-state index in [1.54, 1.807) is 0 Å². The summed E-state index contributed by atoms with van der Waals surface area (Å²) in [5, 5.41) is 20.6. The van der Waals surface area contributed by atoms with Gasteiger partial charge in [0.2, 0.25) is 17.7 Å². The Morgan fingerprint density at radius 1 is 1.31 bits per heavy atom. The molecule has 1 aromatic heterocycles. The summed E-state index contributed by atoms with van der Waals surface area (Å²) in [6.07, 6.45) is 0. The fraction of sp³-hybridized carbons (Fsp3) is 0.333. The molecular formula is C18H17F3N6O2. The van der Waals surface area contributed by atoms with Crippen LogP contribution in [-0.2, 0) is 10.3 Å². The average Bonchev–Trinajstić information content (AvgIpc) is 3.06. The lowest BCUT2D eigenvalue weighted by Gasteiger charge is -2.43. The number of anilines is 1. The van der Waals surface area contributed by atoms with E-state index < -0.39 is 40.7 Å². The first-order chi connectivity index (χ1) is 13.6. The van der Waals surface area contributed by atoms with Gasteiger partial charge >= 0.3 is 0 Å². The van der Waals surface area contributed by atoms with Crippen molar-refractivity contribution in [2.75, 3.05) is 25.0 Å². The number of halogens is 3. The van der Waals surface area contributed by atoms with Gasteiger partial charge in [0, 0.05) is 25.7 Å². The Kier molecular flexibility index (Phi) is 4.14. The van der Waals surface area contributed by atoms with Gasteiger partial charge in [-0.25, -0.2) is 13.8 Å². The minimum atomic E-state index is -1.46. The van der Waals surface area contributed by atoms with Gasteiger partial charge in [0.1, 0.15) is 11.6 Å². The standard InChI is InChI=1S/C18H17F3N6O2/c1-8-13(21)14(28)24-17(23-8)27-6-11-15(29)26(2)16(22)25-18(11,7-27)10-5-9(19)3-4-12(10)20/h3-5,11H,6-7H2,1-2H3,(H2,22,25)(H,23,24,28)/t11-,18+/m0/s1. The van der Waals surface area contributed by atoms with Gasteiger partial charge in [0.25, 0.3) is 5.88 Å². The largest absolute Gasteiger partial charge is 0.491 e. The molecule has 2 fully saturated rings. The predicted molar refractivity (Wildman–Crippen MR) is 95.8 cm³/mol. The van der Waals surface area contributed by atoms with E-state index >= 15 is 0 Å². The second-order valence-corrected chi connectivity index (χ2v) is 7.15. The quantitative estimate of drug-likeness (QED) is 0.693. The minimum Gasteiger partial charge on any atom is -0.491 e. The van der Waals surface area contributed by atoms with E-state index in [9.17, 15) is 23.1 Å². The predicted octanol–water partition coefficient (Wildman–Crippen LogP) is 1.24. The van der Waals surface area contributed by atoms with Gasteiger partial charge in [-0.1, -0.05) is 0 Å². The number of hydrogen-bond acceptors (Lipinski definition) is 6. The maximum atomic E-state index is 14.7. The summed E-state index contributed by atoms with van der Waals surface area (Å²) in [5.74, 6) is -4.96. The molecular weight excluding hydrogens is 389 g/mol. The lowest BCUT2D eigenvalue weighted by molar-refractivity contribution is -0.134. The van der Waals surface area contributed by atoms with Gasteiger partial charge in [0.15, 0.2) is 5.96 Å². The molecule has 0 bridgehead atoms. The number of aromatic hydroxyl groups is 1. The Bertz CT molecular complexity index is 1030. The molecule has 29 heavy (non-hydrogen) atoms. The highest BCUT2D eigenvalue weighted by Gasteiger charge is 2.57. The molecule has 11 heteroatoms. The third-order valence-corrected chi connectivity index (χ3v) is 5.42. The summed E-state index contributed by atoms with van der Waals surface area (Å²) < 4.78 is 42.4. The Morgan fingerprint density at radius 3 is 2.72 bits per heavy atom. The third kappa shape index (κ3) is 2.76. The molecule has 8 nitrogen and oxygen atoms in total. The Balaban J connectivity index is 1.86. The zero-order valence-electron chi connectivity index (χ0n) is 15.5. The van der Waals surface area contributed by atoms with Crippen LogP contribution in [0, 0.1) is 35.7 Å². The van der Waals surface area contributed by atoms with Gasteiger partial charge in [-0.2, -0.15) is 9.37 Å². The van der Waals surface area contributed by atoms with Gasteiger partial charge in [0.05, 0.1) is 17.2 Å². The van der Waals surface area contributed by atoms with Crippen LogP contribution >= 0.6 is 0 Å². The Hall–Kier alpha value is -3.37. The van der Waals surface area contributed by atoms with Crippen molar-refractivity contribution < 1.29 is 23.1 Å². The Morgan fingerprint density at radius 2 is 2.03 bits per heavy atom. The maximum Gasteiger partial charge on any atom is 0.253 e. The molecule has 2 aromatic rings. The van der Waals surface area contributed by atoms with E-state index in [0.717, 1.165) is 23.1 Å². The lowest BCUT2D eigenvalue weighted by Crippen LogP contribution is -2.65. The topological polar surface area (TPSA) is 105 Å². The molecule has 2 aliphatic rings. The second kappa shape index (κ2) is 6.33. The minimum absolute atomic E-state index is 0.0100. The fourth-order valence-electron chi connectivity index (χ4n) is 3.91. The third-order valence-electron chi connectivity index (χ3n) is 5.42. The van der Waals surface area contributed by atoms with Crippen molar-refractivity contribution in [1.82, 2.24) is 20.2 Å². The molecule has 0 saturated carbocycles. The molecule has 0 spiro atoms. The number of carbonyl (C=O) groups excluding carboxylic acids is 1. The fourth-order valence-corrected chi connectivity index (χ4v) is 3.91. The zero-order chi connectivity index (χ0) is 21.1. The van der Waals surface area contributed by atoms with Crippen LogP contribution in [0.2, 0.25) is 0 Å². The van der Waals surface area contributed by atoms with Crippen molar-refractivity contribution in [3.05, 3.63) is 46.9 Å². The molecule has 1 aromatic carbocycles. The van der Waals surface area contributed by atoms with Crippen LogP contribution in [-0.4, -0.2) is 52.0 Å². The molecule has 0 unspecified atom stereocenters. The normalized spacial score (nSPS) is 24.0. The smallest absolute Gasteiger partial charge is 0.253 e. The highest BCUT2D eigenvalue weighted by Crippen LogP contribution is 2.43. The van der Waals surface area contributed by atoms with Crippen molar-refractivity contribution in [3.8, 4) is 5.88 Å². The van der Waals surface area contributed by atoms with Crippen molar-refractivity contribution in [3.63, 3.8) is 0 Å². The number of aromatic nitrogens is 2. The van der Waals surface area contributed by atoms with Crippen LogP contribution in [0.25, 0.3) is 0 Å². The SMILES string of the molecule is Cc1nc(N2C[C@H]3C(=O)N(C)C(=N)N[C@@]3(c3cc(F)ccc3F)C2)nc(O)c1F.